The largest absolute Gasteiger partial charge is 0.369 e. The number of nitrogens with one attached hydrogen (secondary N) is 1. The van der Waals surface area contributed by atoms with Gasteiger partial charge in [0.15, 0.2) is 0 Å². The lowest BCUT2D eigenvalue weighted by Gasteiger charge is -2.09. The summed E-state index contributed by atoms with van der Waals surface area (Å²) in [6.07, 6.45) is 1.95. The van der Waals surface area contributed by atoms with E-state index in [-0.39, 0.29) is 12.3 Å². The Labute approximate surface area is 151 Å². The summed E-state index contributed by atoms with van der Waals surface area (Å²) in [5.41, 5.74) is 10.2. The van der Waals surface area contributed by atoms with Crippen LogP contribution >= 0.6 is 0 Å². The zero-order valence-electron chi connectivity index (χ0n) is 14.7. The van der Waals surface area contributed by atoms with Crippen molar-refractivity contribution >= 4 is 17.5 Å². The number of rotatable bonds is 5. The maximum absolute atomic E-state index is 12.3. The van der Waals surface area contributed by atoms with E-state index in [9.17, 15) is 9.59 Å². The van der Waals surface area contributed by atoms with Gasteiger partial charge in [-0.05, 0) is 55.8 Å². The molecule has 0 bridgehead atoms. The van der Waals surface area contributed by atoms with E-state index in [1.165, 1.54) is 0 Å². The van der Waals surface area contributed by atoms with Crippen LogP contribution in [0.1, 0.15) is 27.3 Å². The molecule has 0 spiro atoms. The van der Waals surface area contributed by atoms with E-state index in [1.54, 1.807) is 30.6 Å². The van der Waals surface area contributed by atoms with Crippen molar-refractivity contribution in [2.24, 2.45) is 5.73 Å². The fourth-order valence-electron chi connectivity index (χ4n) is 2.64. The second kappa shape index (κ2) is 7.23. The third-order valence-electron chi connectivity index (χ3n) is 4.25. The van der Waals surface area contributed by atoms with E-state index in [0.717, 1.165) is 22.6 Å². The van der Waals surface area contributed by atoms with Gasteiger partial charge in [0.25, 0.3) is 5.91 Å². The number of amides is 2. The van der Waals surface area contributed by atoms with Crippen molar-refractivity contribution in [2.45, 2.75) is 20.3 Å². The Bertz CT molecular complexity index is 941. The molecule has 0 aliphatic rings. The van der Waals surface area contributed by atoms with Crippen molar-refractivity contribution in [2.75, 3.05) is 5.32 Å². The van der Waals surface area contributed by atoms with Crippen LogP contribution in [0, 0.1) is 13.8 Å². The number of primary amides is 1. The van der Waals surface area contributed by atoms with Crippen molar-refractivity contribution in [1.82, 2.24) is 9.55 Å². The number of benzene rings is 2. The number of anilines is 1. The number of nitrogens with two attached hydrogens (primary N) is 1. The molecule has 0 aliphatic carbocycles. The Morgan fingerprint density at radius 1 is 1.04 bits per heavy atom. The number of carbonyl (C=O) groups is 2. The lowest BCUT2D eigenvalue weighted by Crippen LogP contribution is -2.14. The highest BCUT2D eigenvalue weighted by molar-refractivity contribution is 6.04. The normalized spacial score (nSPS) is 10.5. The summed E-state index contributed by atoms with van der Waals surface area (Å²) in [6.45, 7) is 3.98. The number of imidazole rings is 1. The first kappa shape index (κ1) is 17.4. The minimum absolute atomic E-state index is 0.163. The van der Waals surface area contributed by atoms with Gasteiger partial charge in [-0.25, -0.2) is 4.98 Å². The van der Waals surface area contributed by atoms with Crippen molar-refractivity contribution in [3.05, 3.63) is 77.4 Å². The molecule has 0 atom stereocenters. The first-order valence-electron chi connectivity index (χ1n) is 8.23. The second-order valence-corrected chi connectivity index (χ2v) is 6.13. The summed E-state index contributed by atoms with van der Waals surface area (Å²) in [5, 5.41) is 2.86. The molecule has 1 aromatic heterocycles. The summed E-state index contributed by atoms with van der Waals surface area (Å²) >= 11 is 0. The molecule has 3 N–H and O–H groups in total. The van der Waals surface area contributed by atoms with Crippen LogP contribution < -0.4 is 11.1 Å². The summed E-state index contributed by atoms with van der Waals surface area (Å²) in [5.74, 6) is -0.608. The molecule has 2 amide bonds. The summed E-state index contributed by atoms with van der Waals surface area (Å²) < 4.78 is 2.00. The van der Waals surface area contributed by atoms with Crippen LogP contribution in [0.4, 0.5) is 5.69 Å². The van der Waals surface area contributed by atoms with Gasteiger partial charge in [-0.15, -0.1) is 0 Å². The van der Waals surface area contributed by atoms with E-state index in [4.69, 9.17) is 5.73 Å². The lowest BCUT2D eigenvalue weighted by atomic mass is 10.1. The SMILES string of the molecule is Cc1ncn(-c2ccc(NC(=O)c3ccc(CC(N)=O)cc3)cc2)c1C. The van der Waals surface area contributed by atoms with Gasteiger partial charge in [-0.3, -0.25) is 9.59 Å². The van der Waals surface area contributed by atoms with E-state index in [0.29, 0.717) is 11.3 Å². The van der Waals surface area contributed by atoms with Crippen LogP contribution in [0.5, 0.6) is 0 Å². The summed E-state index contributed by atoms with van der Waals surface area (Å²) in [7, 11) is 0. The maximum Gasteiger partial charge on any atom is 0.255 e. The number of hydrogen-bond donors (Lipinski definition) is 2. The molecule has 6 nitrogen and oxygen atoms in total. The molecule has 0 aliphatic heterocycles. The number of hydrogen-bond acceptors (Lipinski definition) is 3. The molecule has 1 heterocycles. The molecule has 132 valence electrons. The molecule has 26 heavy (non-hydrogen) atoms. The number of nitrogens with zero attached hydrogens (tertiary/aromatic N) is 2. The zero-order chi connectivity index (χ0) is 18.7. The minimum Gasteiger partial charge on any atom is -0.369 e. The van der Waals surface area contributed by atoms with Crippen molar-refractivity contribution < 1.29 is 9.59 Å². The maximum atomic E-state index is 12.3. The third kappa shape index (κ3) is 3.80. The molecule has 6 heteroatoms. The molecule has 0 saturated carbocycles. The van der Waals surface area contributed by atoms with Gasteiger partial charge in [0.05, 0.1) is 18.4 Å². The molecule has 0 saturated heterocycles. The summed E-state index contributed by atoms with van der Waals surface area (Å²) in [4.78, 5) is 27.6. The Hall–Kier alpha value is -3.41. The highest BCUT2D eigenvalue weighted by Gasteiger charge is 2.08. The monoisotopic (exact) mass is 348 g/mol. The predicted molar refractivity (Wildman–Crippen MR) is 100 cm³/mol. The molecule has 0 radical (unpaired) electrons. The van der Waals surface area contributed by atoms with Crippen LogP contribution in [0.2, 0.25) is 0 Å². The molecule has 3 rings (SSSR count). The molecule has 2 aromatic carbocycles. The van der Waals surface area contributed by atoms with Crippen LogP contribution in [-0.2, 0) is 11.2 Å². The molecular formula is C20H20N4O2. The van der Waals surface area contributed by atoms with Crippen molar-refractivity contribution in [3.63, 3.8) is 0 Å². The second-order valence-electron chi connectivity index (χ2n) is 6.13. The highest BCUT2D eigenvalue weighted by atomic mass is 16.2. The van der Waals surface area contributed by atoms with Crippen LogP contribution in [0.3, 0.4) is 0 Å². The predicted octanol–water partition coefficient (Wildman–Crippen LogP) is 2.77. The lowest BCUT2D eigenvalue weighted by molar-refractivity contribution is -0.117. The van der Waals surface area contributed by atoms with E-state index < -0.39 is 5.91 Å². The Morgan fingerprint density at radius 3 is 2.23 bits per heavy atom. The quantitative estimate of drug-likeness (QED) is 0.743. The Morgan fingerprint density at radius 2 is 1.69 bits per heavy atom. The van der Waals surface area contributed by atoms with Crippen LogP contribution in [-0.4, -0.2) is 21.4 Å². The van der Waals surface area contributed by atoms with Gasteiger partial charge >= 0.3 is 0 Å². The van der Waals surface area contributed by atoms with Crippen LogP contribution in [0.15, 0.2) is 54.9 Å². The topological polar surface area (TPSA) is 90.0 Å². The average Bonchev–Trinajstić information content (AvgIpc) is 2.95. The third-order valence-corrected chi connectivity index (χ3v) is 4.25. The van der Waals surface area contributed by atoms with E-state index in [2.05, 4.69) is 10.3 Å². The number of carbonyl (C=O) groups excluding carboxylic acids is 2. The van der Waals surface area contributed by atoms with Gasteiger partial charge in [-0.1, -0.05) is 12.1 Å². The fourth-order valence-corrected chi connectivity index (χ4v) is 2.64. The average molecular weight is 348 g/mol. The molecule has 0 fully saturated rings. The van der Waals surface area contributed by atoms with Crippen LogP contribution in [0.25, 0.3) is 5.69 Å². The molecular weight excluding hydrogens is 328 g/mol. The van der Waals surface area contributed by atoms with Gasteiger partial charge < -0.3 is 15.6 Å². The number of aryl methyl sites for hydroxylation is 1. The zero-order valence-corrected chi connectivity index (χ0v) is 14.7. The fraction of sp³-hybridized carbons (Fsp3) is 0.150. The van der Waals surface area contributed by atoms with E-state index >= 15 is 0 Å². The summed E-state index contributed by atoms with van der Waals surface area (Å²) in [6, 6.07) is 14.4. The number of aromatic nitrogens is 2. The standard InChI is InChI=1S/C20H20N4O2/c1-13-14(2)24(12-22-13)18-9-7-17(8-10-18)23-20(26)16-5-3-15(4-6-16)11-19(21)25/h3-10,12H,11H2,1-2H3,(H2,21,25)(H,23,26). The van der Waals surface area contributed by atoms with Gasteiger partial charge in [0.2, 0.25) is 5.91 Å². The van der Waals surface area contributed by atoms with E-state index in [1.807, 2.05) is 42.7 Å². The Kier molecular flexibility index (Phi) is 4.84. The first-order chi connectivity index (χ1) is 12.4. The highest BCUT2D eigenvalue weighted by Crippen LogP contribution is 2.17. The van der Waals surface area contributed by atoms with Crippen molar-refractivity contribution in [1.29, 1.82) is 0 Å². The van der Waals surface area contributed by atoms with Gasteiger partial charge in [0, 0.05) is 22.6 Å². The smallest absolute Gasteiger partial charge is 0.255 e. The Balaban J connectivity index is 1.69. The minimum atomic E-state index is -0.398. The van der Waals surface area contributed by atoms with Gasteiger partial charge in [-0.2, -0.15) is 0 Å². The molecule has 3 aromatic rings. The molecule has 0 unspecified atom stereocenters. The first-order valence-corrected chi connectivity index (χ1v) is 8.23. The van der Waals surface area contributed by atoms with Gasteiger partial charge in [0.1, 0.15) is 0 Å². The van der Waals surface area contributed by atoms with Crippen molar-refractivity contribution in [3.8, 4) is 5.69 Å².